The predicted octanol–water partition coefficient (Wildman–Crippen LogP) is 3.70. The molecule has 0 bridgehead atoms. The van der Waals surface area contributed by atoms with Crippen LogP contribution >= 0.6 is 0 Å². The fraction of sp³-hybridized carbons (Fsp3) is 0.353. The minimum Gasteiger partial charge on any atom is -0.468 e. The van der Waals surface area contributed by atoms with E-state index in [1.807, 2.05) is 0 Å². The van der Waals surface area contributed by atoms with Crippen LogP contribution in [-0.4, -0.2) is 34.3 Å². The highest BCUT2D eigenvalue weighted by molar-refractivity contribution is 5.90. The number of carbonyl (C=O) groups excluding carboxylic acids is 1. The van der Waals surface area contributed by atoms with E-state index in [9.17, 15) is 18.0 Å². The van der Waals surface area contributed by atoms with E-state index in [2.05, 4.69) is 20.0 Å². The number of hydrogen-bond donors (Lipinski definition) is 2. The standard InChI is InChI=1S/C17H19F3N4O3/c1-16(2,3)27-14(25)10-4-6-11(7-5-10)22-12-8-13(24-15(21)23-12)26-9-17(18,19)20/h4-8H,9H2,1-3H3,(H3,21,22,23,24). The van der Waals surface area contributed by atoms with Gasteiger partial charge >= 0.3 is 12.1 Å². The predicted molar refractivity (Wildman–Crippen MR) is 92.9 cm³/mol. The number of carbonyl (C=O) groups is 1. The first-order valence-corrected chi connectivity index (χ1v) is 7.86. The fourth-order valence-electron chi connectivity index (χ4n) is 1.91. The van der Waals surface area contributed by atoms with Crippen molar-refractivity contribution in [2.24, 2.45) is 0 Å². The zero-order chi connectivity index (χ0) is 20.2. The molecule has 0 saturated carbocycles. The van der Waals surface area contributed by atoms with Gasteiger partial charge in [0.1, 0.15) is 11.4 Å². The van der Waals surface area contributed by atoms with Crippen LogP contribution in [0.3, 0.4) is 0 Å². The largest absolute Gasteiger partial charge is 0.468 e. The lowest BCUT2D eigenvalue weighted by Gasteiger charge is -2.19. The molecule has 27 heavy (non-hydrogen) atoms. The fourth-order valence-corrected chi connectivity index (χ4v) is 1.91. The van der Waals surface area contributed by atoms with Gasteiger partial charge in [-0.1, -0.05) is 0 Å². The van der Waals surface area contributed by atoms with Crippen molar-refractivity contribution in [3.05, 3.63) is 35.9 Å². The molecule has 0 radical (unpaired) electrons. The van der Waals surface area contributed by atoms with Gasteiger partial charge in [-0.3, -0.25) is 0 Å². The van der Waals surface area contributed by atoms with Crippen molar-refractivity contribution in [2.75, 3.05) is 17.7 Å². The third kappa shape index (κ3) is 7.00. The topological polar surface area (TPSA) is 99.4 Å². The molecule has 1 heterocycles. The lowest BCUT2D eigenvalue weighted by Crippen LogP contribution is -2.23. The molecule has 0 aliphatic carbocycles. The number of nitrogens with zero attached hydrogens (tertiary/aromatic N) is 2. The molecule has 0 aliphatic heterocycles. The molecular formula is C17H19F3N4O3. The summed E-state index contributed by atoms with van der Waals surface area (Å²) in [6.45, 7) is 3.80. The van der Waals surface area contributed by atoms with E-state index in [4.69, 9.17) is 10.5 Å². The second-order valence-corrected chi connectivity index (χ2v) is 6.56. The Morgan fingerprint density at radius 1 is 1.15 bits per heavy atom. The third-order valence-electron chi connectivity index (χ3n) is 2.90. The Morgan fingerprint density at radius 3 is 2.33 bits per heavy atom. The highest BCUT2D eigenvalue weighted by Gasteiger charge is 2.28. The van der Waals surface area contributed by atoms with E-state index < -0.39 is 24.4 Å². The van der Waals surface area contributed by atoms with Gasteiger partial charge in [0.25, 0.3) is 0 Å². The van der Waals surface area contributed by atoms with Crippen molar-refractivity contribution in [3.8, 4) is 5.88 Å². The van der Waals surface area contributed by atoms with E-state index >= 15 is 0 Å². The maximum Gasteiger partial charge on any atom is 0.422 e. The molecule has 2 aromatic rings. The van der Waals surface area contributed by atoms with Gasteiger partial charge in [0.2, 0.25) is 11.8 Å². The molecule has 1 aromatic heterocycles. The Balaban J connectivity index is 2.08. The Labute approximate surface area is 153 Å². The number of anilines is 3. The minimum absolute atomic E-state index is 0.143. The van der Waals surface area contributed by atoms with Crippen LogP contribution in [0.2, 0.25) is 0 Å². The average molecular weight is 384 g/mol. The molecule has 0 saturated heterocycles. The summed E-state index contributed by atoms with van der Waals surface area (Å²) in [6, 6.07) is 7.45. The molecule has 2 rings (SSSR count). The maximum atomic E-state index is 12.2. The maximum absolute atomic E-state index is 12.2. The van der Waals surface area contributed by atoms with E-state index in [1.54, 1.807) is 45.0 Å². The van der Waals surface area contributed by atoms with Gasteiger partial charge in [0.15, 0.2) is 6.61 Å². The van der Waals surface area contributed by atoms with Crippen molar-refractivity contribution in [3.63, 3.8) is 0 Å². The molecule has 146 valence electrons. The van der Waals surface area contributed by atoms with Gasteiger partial charge in [-0.05, 0) is 45.0 Å². The van der Waals surface area contributed by atoms with Crippen molar-refractivity contribution in [1.82, 2.24) is 9.97 Å². The van der Waals surface area contributed by atoms with Crippen LogP contribution < -0.4 is 15.8 Å². The number of nitrogens with one attached hydrogen (secondary N) is 1. The van der Waals surface area contributed by atoms with Crippen LogP contribution in [0.4, 0.5) is 30.6 Å². The Kier molecular flexibility index (Phi) is 5.77. The molecular weight excluding hydrogens is 365 g/mol. The first-order valence-electron chi connectivity index (χ1n) is 7.86. The van der Waals surface area contributed by atoms with Gasteiger partial charge in [-0.2, -0.15) is 23.1 Å². The van der Waals surface area contributed by atoms with Crippen LogP contribution in [0.5, 0.6) is 5.88 Å². The van der Waals surface area contributed by atoms with Crippen molar-refractivity contribution in [2.45, 2.75) is 32.5 Å². The van der Waals surface area contributed by atoms with E-state index in [-0.39, 0.29) is 17.6 Å². The first-order chi connectivity index (χ1) is 12.4. The number of aromatic nitrogens is 2. The number of hydrogen-bond acceptors (Lipinski definition) is 7. The van der Waals surface area contributed by atoms with E-state index in [1.165, 1.54) is 6.07 Å². The van der Waals surface area contributed by atoms with Crippen LogP contribution in [0, 0.1) is 0 Å². The monoisotopic (exact) mass is 384 g/mol. The molecule has 0 fully saturated rings. The summed E-state index contributed by atoms with van der Waals surface area (Å²) in [5, 5.41) is 2.85. The molecule has 0 unspecified atom stereocenters. The van der Waals surface area contributed by atoms with Crippen LogP contribution in [-0.2, 0) is 4.74 Å². The van der Waals surface area contributed by atoms with Gasteiger partial charge in [-0.15, -0.1) is 0 Å². The SMILES string of the molecule is CC(C)(C)OC(=O)c1ccc(Nc2cc(OCC(F)(F)F)nc(N)n2)cc1. The number of nitrogens with two attached hydrogens (primary N) is 1. The third-order valence-corrected chi connectivity index (χ3v) is 2.90. The summed E-state index contributed by atoms with van der Waals surface area (Å²) in [6.07, 6.45) is -4.50. The van der Waals surface area contributed by atoms with E-state index in [0.29, 0.717) is 11.3 Å². The summed E-state index contributed by atoms with van der Waals surface area (Å²) >= 11 is 0. The second-order valence-electron chi connectivity index (χ2n) is 6.56. The average Bonchev–Trinajstić information content (AvgIpc) is 2.51. The summed E-state index contributed by atoms with van der Waals surface area (Å²) in [5.74, 6) is -0.886. The quantitative estimate of drug-likeness (QED) is 0.758. The molecule has 10 heteroatoms. The number of rotatable bonds is 5. The molecule has 0 amide bonds. The van der Waals surface area contributed by atoms with E-state index in [0.717, 1.165) is 0 Å². The van der Waals surface area contributed by atoms with Crippen molar-refractivity contribution >= 4 is 23.4 Å². The van der Waals surface area contributed by atoms with Crippen molar-refractivity contribution in [1.29, 1.82) is 0 Å². The second kappa shape index (κ2) is 7.68. The molecule has 7 nitrogen and oxygen atoms in total. The lowest BCUT2D eigenvalue weighted by atomic mass is 10.1. The minimum atomic E-state index is -4.50. The molecule has 1 aromatic carbocycles. The van der Waals surface area contributed by atoms with Crippen LogP contribution in [0.25, 0.3) is 0 Å². The number of nitrogen functional groups attached to an aromatic ring is 1. The highest BCUT2D eigenvalue weighted by atomic mass is 19.4. The van der Waals surface area contributed by atoms with Crippen LogP contribution in [0.15, 0.2) is 30.3 Å². The zero-order valence-corrected chi connectivity index (χ0v) is 14.9. The molecule has 0 spiro atoms. The number of esters is 1. The number of halogens is 3. The summed E-state index contributed by atoms with van der Waals surface area (Å²) < 4.78 is 46.6. The zero-order valence-electron chi connectivity index (χ0n) is 14.9. The molecule has 3 N–H and O–H groups in total. The Morgan fingerprint density at radius 2 is 1.78 bits per heavy atom. The van der Waals surface area contributed by atoms with Gasteiger partial charge in [0.05, 0.1) is 5.56 Å². The van der Waals surface area contributed by atoms with Crippen molar-refractivity contribution < 1.29 is 27.4 Å². The van der Waals surface area contributed by atoms with Gasteiger partial charge in [-0.25, -0.2) is 4.79 Å². The normalized spacial score (nSPS) is 11.8. The number of benzene rings is 1. The first kappa shape index (κ1) is 20.3. The molecule has 0 aliphatic rings. The van der Waals surface area contributed by atoms with Crippen LogP contribution in [0.1, 0.15) is 31.1 Å². The molecule has 0 atom stereocenters. The number of ether oxygens (including phenoxy) is 2. The Bertz CT molecular complexity index is 803. The lowest BCUT2D eigenvalue weighted by molar-refractivity contribution is -0.154. The summed E-state index contributed by atoms with van der Waals surface area (Å²) in [4.78, 5) is 19.5. The summed E-state index contributed by atoms with van der Waals surface area (Å²) in [5.41, 5.74) is 5.76. The van der Waals surface area contributed by atoms with Gasteiger partial charge < -0.3 is 20.5 Å². The Hall–Kier alpha value is -3.04. The van der Waals surface area contributed by atoms with Gasteiger partial charge in [0, 0.05) is 11.8 Å². The summed E-state index contributed by atoms with van der Waals surface area (Å²) in [7, 11) is 0. The smallest absolute Gasteiger partial charge is 0.422 e. The highest BCUT2D eigenvalue weighted by Crippen LogP contribution is 2.22. The number of alkyl halides is 3.